The van der Waals surface area contributed by atoms with Crippen LogP contribution in [0.2, 0.25) is 5.02 Å². The summed E-state index contributed by atoms with van der Waals surface area (Å²) in [6.07, 6.45) is 0. The van der Waals surface area contributed by atoms with Crippen molar-refractivity contribution in [3.8, 4) is 11.5 Å². The largest absolute Gasteiger partial charge is 0.493 e. The number of carbonyl (C=O) groups excluding carboxylic acids is 1. The molecule has 0 bridgehead atoms. The van der Waals surface area contributed by atoms with Gasteiger partial charge >= 0.3 is 0 Å². The molecule has 0 N–H and O–H groups in total. The predicted molar refractivity (Wildman–Crippen MR) is 86.9 cm³/mol. The quantitative estimate of drug-likeness (QED) is 0.735. The fourth-order valence-corrected chi connectivity index (χ4v) is 2.70. The SMILES string of the molecule is COc1cc(Br)c(C(=O)c2cccc(Cl)c2C)cc1OC. The summed E-state index contributed by atoms with van der Waals surface area (Å²) in [7, 11) is 3.08. The van der Waals surface area contributed by atoms with Crippen LogP contribution in [0.25, 0.3) is 0 Å². The van der Waals surface area contributed by atoms with E-state index in [1.807, 2.05) is 6.92 Å². The number of carbonyl (C=O) groups is 1. The van der Waals surface area contributed by atoms with Gasteiger partial charge in [-0.15, -0.1) is 0 Å². The van der Waals surface area contributed by atoms with Gasteiger partial charge in [0.2, 0.25) is 0 Å². The Morgan fingerprint density at radius 1 is 1.10 bits per heavy atom. The molecule has 2 rings (SSSR count). The molecule has 2 aromatic rings. The molecule has 0 aromatic heterocycles. The van der Waals surface area contributed by atoms with Crippen molar-refractivity contribution < 1.29 is 14.3 Å². The highest BCUT2D eigenvalue weighted by molar-refractivity contribution is 9.10. The normalized spacial score (nSPS) is 10.3. The van der Waals surface area contributed by atoms with Crippen LogP contribution in [0.3, 0.4) is 0 Å². The lowest BCUT2D eigenvalue weighted by Crippen LogP contribution is -2.06. The molecule has 0 radical (unpaired) electrons. The van der Waals surface area contributed by atoms with Gasteiger partial charge in [0.25, 0.3) is 0 Å². The first-order valence-electron chi connectivity index (χ1n) is 6.21. The Kier molecular flexibility index (Phi) is 4.91. The van der Waals surface area contributed by atoms with Crippen LogP contribution >= 0.6 is 27.5 Å². The molecule has 3 nitrogen and oxygen atoms in total. The standard InChI is InChI=1S/C16H14BrClO3/c1-9-10(5-4-6-13(9)18)16(19)11-7-14(20-2)15(21-3)8-12(11)17/h4-8H,1-3H3. The molecule has 21 heavy (non-hydrogen) atoms. The lowest BCUT2D eigenvalue weighted by Gasteiger charge is -2.12. The van der Waals surface area contributed by atoms with Gasteiger partial charge in [-0.3, -0.25) is 4.79 Å². The van der Waals surface area contributed by atoms with Gasteiger partial charge in [0, 0.05) is 20.6 Å². The van der Waals surface area contributed by atoms with Gasteiger partial charge in [0.05, 0.1) is 14.2 Å². The number of halogens is 2. The van der Waals surface area contributed by atoms with Crippen molar-refractivity contribution >= 4 is 33.3 Å². The van der Waals surface area contributed by atoms with E-state index >= 15 is 0 Å². The highest BCUT2D eigenvalue weighted by atomic mass is 79.9. The number of hydrogen-bond acceptors (Lipinski definition) is 3. The van der Waals surface area contributed by atoms with Crippen molar-refractivity contribution in [2.75, 3.05) is 14.2 Å². The molecule has 0 saturated carbocycles. The van der Waals surface area contributed by atoms with Crippen LogP contribution in [0.5, 0.6) is 11.5 Å². The molecule has 2 aromatic carbocycles. The summed E-state index contributed by atoms with van der Waals surface area (Å²) in [6, 6.07) is 8.65. The molecule has 0 aliphatic heterocycles. The van der Waals surface area contributed by atoms with Crippen LogP contribution in [0.4, 0.5) is 0 Å². The zero-order valence-electron chi connectivity index (χ0n) is 11.9. The summed E-state index contributed by atoms with van der Waals surface area (Å²) < 4.78 is 11.1. The van der Waals surface area contributed by atoms with E-state index in [4.69, 9.17) is 21.1 Å². The summed E-state index contributed by atoms with van der Waals surface area (Å²) in [5.41, 5.74) is 1.82. The molecule has 0 unspecified atom stereocenters. The van der Waals surface area contributed by atoms with Crippen LogP contribution in [-0.2, 0) is 0 Å². The Bertz CT molecular complexity index is 698. The number of ether oxygens (including phenoxy) is 2. The van der Waals surface area contributed by atoms with E-state index in [1.165, 1.54) is 7.11 Å². The third kappa shape index (κ3) is 3.06. The van der Waals surface area contributed by atoms with Gasteiger partial charge in [-0.2, -0.15) is 0 Å². The highest BCUT2D eigenvalue weighted by Gasteiger charge is 2.19. The number of ketones is 1. The molecule has 0 aliphatic carbocycles. The van der Waals surface area contributed by atoms with Gasteiger partial charge < -0.3 is 9.47 Å². The third-order valence-electron chi connectivity index (χ3n) is 3.23. The second-order valence-corrected chi connectivity index (χ2v) is 5.69. The topological polar surface area (TPSA) is 35.5 Å². The second-order valence-electron chi connectivity index (χ2n) is 4.43. The van der Waals surface area contributed by atoms with E-state index in [-0.39, 0.29) is 5.78 Å². The van der Waals surface area contributed by atoms with Crippen molar-refractivity contribution in [2.45, 2.75) is 6.92 Å². The molecule has 5 heteroatoms. The highest BCUT2D eigenvalue weighted by Crippen LogP contribution is 2.35. The van der Waals surface area contributed by atoms with Crippen molar-refractivity contribution in [3.63, 3.8) is 0 Å². The van der Waals surface area contributed by atoms with Gasteiger partial charge in [-0.05, 0) is 46.6 Å². The fourth-order valence-electron chi connectivity index (χ4n) is 2.03. The maximum Gasteiger partial charge on any atom is 0.194 e. The average Bonchev–Trinajstić information content (AvgIpc) is 2.49. The molecule has 0 saturated heterocycles. The van der Waals surface area contributed by atoms with Crippen molar-refractivity contribution in [2.24, 2.45) is 0 Å². The molecule has 0 aliphatic rings. The van der Waals surface area contributed by atoms with Gasteiger partial charge in [0.15, 0.2) is 17.3 Å². The molecular formula is C16H14BrClO3. The number of rotatable bonds is 4. The lowest BCUT2D eigenvalue weighted by molar-refractivity contribution is 0.103. The maximum atomic E-state index is 12.7. The van der Waals surface area contributed by atoms with Crippen LogP contribution in [0.15, 0.2) is 34.8 Å². The van der Waals surface area contributed by atoms with E-state index < -0.39 is 0 Å². The van der Waals surface area contributed by atoms with Crippen molar-refractivity contribution in [1.29, 1.82) is 0 Å². The monoisotopic (exact) mass is 368 g/mol. The van der Waals surface area contributed by atoms with Gasteiger partial charge in [-0.25, -0.2) is 0 Å². The zero-order chi connectivity index (χ0) is 15.6. The summed E-state index contributed by atoms with van der Waals surface area (Å²) in [5.74, 6) is 0.940. The fraction of sp³-hybridized carbons (Fsp3) is 0.188. The minimum absolute atomic E-state index is 0.122. The average molecular weight is 370 g/mol. The van der Waals surface area contributed by atoms with E-state index in [2.05, 4.69) is 15.9 Å². The summed E-state index contributed by atoms with van der Waals surface area (Å²) >= 11 is 9.49. The first-order chi connectivity index (χ1) is 9.99. The van der Waals surface area contributed by atoms with Crippen molar-refractivity contribution in [1.82, 2.24) is 0 Å². The van der Waals surface area contributed by atoms with Crippen LogP contribution in [-0.4, -0.2) is 20.0 Å². The van der Waals surface area contributed by atoms with Crippen LogP contribution in [0, 0.1) is 6.92 Å². The minimum atomic E-state index is -0.122. The van der Waals surface area contributed by atoms with E-state index in [9.17, 15) is 4.79 Å². The summed E-state index contributed by atoms with van der Waals surface area (Å²) in [6.45, 7) is 1.82. The second kappa shape index (κ2) is 6.50. The number of hydrogen-bond donors (Lipinski definition) is 0. The first-order valence-corrected chi connectivity index (χ1v) is 7.38. The van der Waals surface area contributed by atoms with Crippen LogP contribution < -0.4 is 9.47 Å². The molecule has 0 fully saturated rings. The molecule has 0 amide bonds. The Labute approximate surface area is 137 Å². The van der Waals surface area contributed by atoms with Gasteiger partial charge in [-0.1, -0.05) is 23.7 Å². The summed E-state index contributed by atoms with van der Waals surface area (Å²) in [4.78, 5) is 12.7. The lowest BCUT2D eigenvalue weighted by atomic mass is 9.99. The number of methoxy groups -OCH3 is 2. The number of benzene rings is 2. The molecule has 0 heterocycles. The van der Waals surface area contributed by atoms with E-state index in [0.29, 0.717) is 32.1 Å². The third-order valence-corrected chi connectivity index (χ3v) is 4.30. The first kappa shape index (κ1) is 15.9. The van der Waals surface area contributed by atoms with E-state index in [1.54, 1.807) is 37.4 Å². The molecule has 110 valence electrons. The molecule has 0 atom stereocenters. The Balaban J connectivity index is 2.56. The Morgan fingerprint density at radius 2 is 1.71 bits per heavy atom. The predicted octanol–water partition coefficient (Wildman–Crippen LogP) is 4.66. The van der Waals surface area contributed by atoms with Gasteiger partial charge in [0.1, 0.15) is 0 Å². The van der Waals surface area contributed by atoms with E-state index in [0.717, 1.165) is 5.56 Å². The van der Waals surface area contributed by atoms with Crippen molar-refractivity contribution in [3.05, 3.63) is 56.5 Å². The minimum Gasteiger partial charge on any atom is -0.493 e. The summed E-state index contributed by atoms with van der Waals surface area (Å²) in [5, 5.41) is 0.567. The zero-order valence-corrected chi connectivity index (χ0v) is 14.2. The molecule has 0 spiro atoms. The Hall–Kier alpha value is -1.52. The molecular weight excluding hydrogens is 356 g/mol. The van der Waals surface area contributed by atoms with Crippen LogP contribution in [0.1, 0.15) is 21.5 Å². The maximum absolute atomic E-state index is 12.7. The Morgan fingerprint density at radius 3 is 2.33 bits per heavy atom. The smallest absolute Gasteiger partial charge is 0.194 e.